The lowest BCUT2D eigenvalue weighted by atomic mass is 9.92. The maximum Gasteiger partial charge on any atom is 0.258 e. The van der Waals surface area contributed by atoms with Crippen molar-refractivity contribution in [2.45, 2.75) is 45.8 Å². The van der Waals surface area contributed by atoms with E-state index in [9.17, 15) is 14.7 Å². The molecule has 0 radical (unpaired) electrons. The van der Waals surface area contributed by atoms with E-state index in [1.54, 1.807) is 13.8 Å². The number of Topliss-reactive ketones (excluding diaryl/α,β-unsaturated/α-hetero) is 1. The van der Waals surface area contributed by atoms with Crippen LogP contribution in [0.2, 0.25) is 0 Å². The van der Waals surface area contributed by atoms with Crippen molar-refractivity contribution >= 4 is 22.7 Å². The standard InChI is InChI=1S/C24H27N3O5/c1-13(2)22(23-25-15-7-5-6-8-16(15)26-23)27-20(30)12-31-14-9-17(28)21-18(29)11-24(3,4)32-19(21)10-14/h5-10,13,22,28H,11-12H2,1-4H3,(H,25,26)(H,27,30). The number of aromatic nitrogens is 2. The molecule has 4 rings (SSSR count). The van der Waals surface area contributed by atoms with Gasteiger partial charge >= 0.3 is 0 Å². The van der Waals surface area contributed by atoms with Crippen molar-refractivity contribution < 1.29 is 24.2 Å². The molecule has 0 aliphatic carbocycles. The number of hydrogen-bond donors (Lipinski definition) is 3. The zero-order valence-corrected chi connectivity index (χ0v) is 18.6. The summed E-state index contributed by atoms with van der Waals surface area (Å²) in [6.07, 6.45) is 0.175. The zero-order valence-electron chi connectivity index (χ0n) is 18.6. The molecule has 3 N–H and O–H groups in total. The fraction of sp³-hybridized carbons (Fsp3) is 0.375. The first kappa shape index (κ1) is 21.7. The molecule has 0 bridgehead atoms. The molecule has 0 saturated carbocycles. The lowest BCUT2D eigenvalue weighted by Crippen LogP contribution is -2.36. The van der Waals surface area contributed by atoms with Gasteiger partial charge in [0.2, 0.25) is 0 Å². The van der Waals surface area contributed by atoms with Crippen LogP contribution in [-0.4, -0.2) is 39.0 Å². The Morgan fingerprint density at radius 3 is 2.78 bits per heavy atom. The Morgan fingerprint density at radius 2 is 2.06 bits per heavy atom. The number of fused-ring (bicyclic) bond motifs is 2. The predicted molar refractivity (Wildman–Crippen MR) is 119 cm³/mol. The molecule has 8 heteroatoms. The smallest absolute Gasteiger partial charge is 0.258 e. The number of rotatable bonds is 6. The van der Waals surface area contributed by atoms with E-state index >= 15 is 0 Å². The summed E-state index contributed by atoms with van der Waals surface area (Å²) in [7, 11) is 0. The van der Waals surface area contributed by atoms with E-state index < -0.39 is 5.60 Å². The molecule has 1 unspecified atom stereocenters. The highest BCUT2D eigenvalue weighted by molar-refractivity contribution is 6.03. The van der Waals surface area contributed by atoms with Gasteiger partial charge in [-0.25, -0.2) is 4.98 Å². The highest BCUT2D eigenvalue weighted by Crippen LogP contribution is 2.40. The number of nitrogens with one attached hydrogen (secondary N) is 2. The lowest BCUT2D eigenvalue weighted by Gasteiger charge is -2.32. The Hall–Kier alpha value is -3.55. The second kappa shape index (κ2) is 8.18. The van der Waals surface area contributed by atoms with Gasteiger partial charge in [0, 0.05) is 12.1 Å². The van der Waals surface area contributed by atoms with Gasteiger partial charge in [-0.1, -0.05) is 26.0 Å². The van der Waals surface area contributed by atoms with Crippen LogP contribution in [0, 0.1) is 5.92 Å². The molecule has 1 atom stereocenters. The fourth-order valence-corrected chi connectivity index (χ4v) is 3.86. The van der Waals surface area contributed by atoms with Gasteiger partial charge in [0.05, 0.1) is 23.5 Å². The first-order valence-corrected chi connectivity index (χ1v) is 10.6. The van der Waals surface area contributed by atoms with Crippen LogP contribution in [0.4, 0.5) is 0 Å². The topological polar surface area (TPSA) is 114 Å². The van der Waals surface area contributed by atoms with Crippen molar-refractivity contribution in [2.24, 2.45) is 5.92 Å². The Labute approximate surface area is 186 Å². The number of H-pyrrole nitrogens is 1. The van der Waals surface area contributed by atoms with Crippen molar-refractivity contribution in [3.8, 4) is 17.2 Å². The number of aromatic hydroxyl groups is 1. The Kier molecular flexibility index (Phi) is 5.54. The van der Waals surface area contributed by atoms with E-state index in [0.29, 0.717) is 5.82 Å². The summed E-state index contributed by atoms with van der Waals surface area (Å²) in [4.78, 5) is 32.8. The van der Waals surface area contributed by atoms with Crippen molar-refractivity contribution in [2.75, 3.05) is 6.61 Å². The largest absolute Gasteiger partial charge is 0.507 e. The van der Waals surface area contributed by atoms with E-state index in [4.69, 9.17) is 9.47 Å². The van der Waals surface area contributed by atoms with E-state index in [2.05, 4.69) is 15.3 Å². The van der Waals surface area contributed by atoms with Crippen LogP contribution in [0.5, 0.6) is 17.2 Å². The zero-order chi connectivity index (χ0) is 23.0. The molecule has 2 heterocycles. The molecule has 2 aromatic carbocycles. The lowest BCUT2D eigenvalue weighted by molar-refractivity contribution is -0.124. The summed E-state index contributed by atoms with van der Waals surface area (Å²) in [5, 5.41) is 13.2. The molecule has 0 saturated heterocycles. The maximum absolute atomic E-state index is 12.6. The molecule has 0 spiro atoms. The van der Waals surface area contributed by atoms with Gasteiger partial charge in [-0.15, -0.1) is 0 Å². The third-order valence-corrected chi connectivity index (χ3v) is 5.36. The van der Waals surface area contributed by atoms with Crippen LogP contribution in [0.1, 0.15) is 56.3 Å². The molecule has 168 valence electrons. The van der Waals surface area contributed by atoms with Gasteiger partial charge in [-0.2, -0.15) is 0 Å². The summed E-state index contributed by atoms with van der Waals surface area (Å²) in [6.45, 7) is 7.33. The number of amides is 1. The van der Waals surface area contributed by atoms with Crippen LogP contribution >= 0.6 is 0 Å². The number of ketones is 1. The average molecular weight is 437 g/mol. The summed E-state index contributed by atoms with van der Waals surface area (Å²) in [5.41, 5.74) is 1.20. The van der Waals surface area contributed by atoms with Crippen LogP contribution in [0.3, 0.4) is 0 Å². The van der Waals surface area contributed by atoms with Gasteiger partial charge in [-0.3, -0.25) is 9.59 Å². The average Bonchev–Trinajstić information content (AvgIpc) is 3.12. The molecular weight excluding hydrogens is 410 g/mol. The number of phenols is 1. The highest BCUT2D eigenvalue weighted by Gasteiger charge is 2.35. The molecule has 3 aromatic rings. The molecule has 32 heavy (non-hydrogen) atoms. The van der Waals surface area contributed by atoms with Gasteiger partial charge in [0.15, 0.2) is 12.4 Å². The second-order valence-electron chi connectivity index (χ2n) is 8.99. The number of benzene rings is 2. The van der Waals surface area contributed by atoms with Crippen LogP contribution < -0.4 is 14.8 Å². The second-order valence-corrected chi connectivity index (χ2v) is 8.99. The molecule has 0 fully saturated rings. The number of aromatic amines is 1. The first-order valence-electron chi connectivity index (χ1n) is 10.6. The van der Waals surface area contributed by atoms with Gasteiger partial charge in [0.25, 0.3) is 5.91 Å². The van der Waals surface area contributed by atoms with Crippen molar-refractivity contribution in [1.29, 1.82) is 0 Å². The third kappa shape index (κ3) is 4.39. The van der Waals surface area contributed by atoms with E-state index in [1.807, 2.05) is 38.1 Å². The number of nitrogens with zero attached hydrogens (tertiary/aromatic N) is 1. The molecule has 1 aliphatic heterocycles. The summed E-state index contributed by atoms with van der Waals surface area (Å²) in [6, 6.07) is 10.2. The summed E-state index contributed by atoms with van der Waals surface area (Å²) >= 11 is 0. The van der Waals surface area contributed by atoms with Crippen LogP contribution in [0.25, 0.3) is 11.0 Å². The normalized spacial score (nSPS) is 15.8. The molecular formula is C24H27N3O5. The number of carbonyl (C=O) groups excluding carboxylic acids is 2. The first-order chi connectivity index (χ1) is 15.1. The predicted octanol–water partition coefficient (Wildman–Crippen LogP) is 3.90. The molecule has 1 aromatic heterocycles. The number of imidazole rings is 1. The van der Waals surface area contributed by atoms with Crippen LogP contribution in [0.15, 0.2) is 36.4 Å². The van der Waals surface area contributed by atoms with Crippen LogP contribution in [-0.2, 0) is 4.79 Å². The summed E-state index contributed by atoms with van der Waals surface area (Å²) in [5.74, 6) is 0.517. The van der Waals surface area contributed by atoms with Crippen molar-refractivity contribution in [1.82, 2.24) is 15.3 Å². The maximum atomic E-state index is 12.6. The quantitative estimate of drug-likeness (QED) is 0.539. The van der Waals surface area contributed by atoms with E-state index in [0.717, 1.165) is 11.0 Å². The molecule has 1 amide bonds. The van der Waals surface area contributed by atoms with Gasteiger partial charge < -0.3 is 24.9 Å². The third-order valence-electron chi connectivity index (χ3n) is 5.36. The number of para-hydroxylation sites is 2. The molecule has 8 nitrogen and oxygen atoms in total. The number of carbonyl (C=O) groups is 2. The monoisotopic (exact) mass is 437 g/mol. The minimum atomic E-state index is -0.677. The number of ether oxygens (including phenoxy) is 2. The Morgan fingerprint density at radius 1 is 1.31 bits per heavy atom. The van der Waals surface area contributed by atoms with Gasteiger partial charge in [-0.05, 0) is 31.9 Å². The minimum absolute atomic E-state index is 0.0916. The highest BCUT2D eigenvalue weighted by atomic mass is 16.5. The van der Waals surface area contributed by atoms with E-state index in [1.165, 1.54) is 12.1 Å². The van der Waals surface area contributed by atoms with Crippen molar-refractivity contribution in [3.05, 3.63) is 47.8 Å². The minimum Gasteiger partial charge on any atom is -0.507 e. The fourth-order valence-electron chi connectivity index (χ4n) is 3.86. The Balaban J connectivity index is 1.46. The SMILES string of the molecule is CC(C)C(NC(=O)COc1cc(O)c2c(c1)OC(C)(C)CC2=O)c1nc2ccccc2[nH]1. The Bertz CT molecular complexity index is 1150. The number of hydrogen-bond acceptors (Lipinski definition) is 6. The van der Waals surface area contributed by atoms with E-state index in [-0.39, 0.29) is 59.5 Å². The van der Waals surface area contributed by atoms with Crippen molar-refractivity contribution in [3.63, 3.8) is 0 Å². The summed E-state index contributed by atoms with van der Waals surface area (Å²) < 4.78 is 11.4. The van der Waals surface area contributed by atoms with Gasteiger partial charge in [0.1, 0.15) is 34.2 Å². The number of phenolic OH excluding ortho intramolecular Hbond substituents is 1. The molecule has 1 aliphatic rings.